The second-order valence-electron chi connectivity index (χ2n) is 7.25. The van der Waals surface area contributed by atoms with E-state index in [4.69, 9.17) is 0 Å². The topological polar surface area (TPSA) is 52.6 Å². The predicted molar refractivity (Wildman–Crippen MR) is 94.0 cm³/mol. The molecule has 1 aliphatic rings. The van der Waals surface area contributed by atoms with Crippen LogP contribution in [0, 0.1) is 0 Å². The number of sulfonamides is 1. The summed E-state index contributed by atoms with van der Waals surface area (Å²) >= 11 is 0. The van der Waals surface area contributed by atoms with Gasteiger partial charge in [-0.15, -0.1) is 0 Å². The Morgan fingerprint density at radius 3 is 2.29 bits per heavy atom. The number of nitrogens with one attached hydrogen (secondary N) is 1. The smallest absolute Gasteiger partial charge is 0.241 e. The van der Waals surface area contributed by atoms with Crippen molar-refractivity contribution >= 4 is 10.0 Å². The van der Waals surface area contributed by atoms with E-state index >= 15 is 0 Å². The van der Waals surface area contributed by atoms with Gasteiger partial charge in [-0.1, -0.05) is 18.2 Å². The highest BCUT2D eigenvalue weighted by atomic mass is 35.5. The van der Waals surface area contributed by atoms with Gasteiger partial charge in [-0.3, -0.25) is 0 Å². The van der Waals surface area contributed by atoms with Gasteiger partial charge in [-0.2, -0.15) is 0 Å². The van der Waals surface area contributed by atoms with Gasteiger partial charge in [0, 0.05) is 18.1 Å². The number of halogens is 1. The molecule has 138 valence electrons. The number of rotatable bonds is 6. The maximum atomic E-state index is 12.5. The Balaban J connectivity index is 0.00000288. The molecule has 1 aromatic rings. The first-order valence-corrected chi connectivity index (χ1v) is 9.66. The Hall–Kier alpha value is -0.660. The van der Waals surface area contributed by atoms with Crippen LogP contribution >= 0.6 is 0 Å². The number of nitrogens with zero attached hydrogens (tertiary/aromatic N) is 2. The highest BCUT2D eigenvalue weighted by molar-refractivity contribution is 7.89. The molecule has 0 spiro atoms. The summed E-state index contributed by atoms with van der Waals surface area (Å²) in [4.78, 5) is 4.95. The lowest BCUT2D eigenvalue weighted by Gasteiger charge is -2.39. The van der Waals surface area contributed by atoms with E-state index < -0.39 is 15.6 Å². The van der Waals surface area contributed by atoms with Crippen LogP contribution in [-0.2, 0) is 10.0 Å². The van der Waals surface area contributed by atoms with Gasteiger partial charge in [-0.25, -0.2) is 13.1 Å². The molecule has 1 aromatic carbocycles. The van der Waals surface area contributed by atoms with E-state index in [1.807, 2.05) is 19.9 Å². The van der Waals surface area contributed by atoms with Crippen LogP contribution in [-0.4, -0.2) is 63.5 Å². The third-order valence-electron chi connectivity index (χ3n) is 4.42. The number of likely N-dealkylation sites (tertiary alicyclic amines) is 1. The van der Waals surface area contributed by atoms with Gasteiger partial charge in [0.25, 0.3) is 0 Å². The quantitative estimate of drug-likeness (QED) is 0.677. The first-order chi connectivity index (χ1) is 10.7. The summed E-state index contributed by atoms with van der Waals surface area (Å²) < 4.78 is 27.9. The molecule has 1 N–H and O–H groups in total. The highest BCUT2D eigenvalue weighted by Crippen LogP contribution is 2.18. The second kappa shape index (κ2) is 8.63. The normalized spacial score (nSPS) is 17.7. The van der Waals surface area contributed by atoms with Crippen LogP contribution in [0.3, 0.4) is 0 Å². The number of piperidine rings is 1. The molecule has 0 aliphatic carbocycles. The monoisotopic (exact) mass is 374 g/mol. The van der Waals surface area contributed by atoms with Crippen molar-refractivity contribution in [2.45, 2.75) is 43.2 Å². The van der Waals surface area contributed by atoms with Crippen LogP contribution in [0.5, 0.6) is 0 Å². The van der Waals surface area contributed by atoms with Gasteiger partial charge in [0.15, 0.2) is 0 Å². The minimum absolute atomic E-state index is 0. The molecule has 7 heteroatoms. The lowest BCUT2D eigenvalue weighted by Crippen LogP contribution is -3.00. The fourth-order valence-corrected chi connectivity index (χ4v) is 4.67. The van der Waals surface area contributed by atoms with Gasteiger partial charge < -0.3 is 22.2 Å². The molecule has 0 bridgehead atoms. The van der Waals surface area contributed by atoms with Gasteiger partial charge in [0.05, 0.1) is 4.90 Å². The van der Waals surface area contributed by atoms with Crippen LogP contribution in [0.4, 0.5) is 0 Å². The number of benzene rings is 1. The summed E-state index contributed by atoms with van der Waals surface area (Å²) in [6.07, 6.45) is 2.27. The van der Waals surface area contributed by atoms with E-state index in [1.165, 1.54) is 0 Å². The Morgan fingerprint density at radius 2 is 1.75 bits per heavy atom. The van der Waals surface area contributed by atoms with E-state index in [0.29, 0.717) is 17.5 Å². The molecule has 1 fully saturated rings. The largest absolute Gasteiger partial charge is 1.00 e. The van der Waals surface area contributed by atoms with E-state index in [1.54, 1.807) is 24.3 Å². The van der Waals surface area contributed by atoms with Crippen molar-refractivity contribution in [2.75, 3.05) is 33.7 Å². The zero-order valence-corrected chi connectivity index (χ0v) is 16.6. The second-order valence-corrected chi connectivity index (χ2v) is 8.93. The summed E-state index contributed by atoms with van der Waals surface area (Å²) in [5, 5.41) is 0. The fourth-order valence-electron chi connectivity index (χ4n) is 3.24. The Kier molecular flexibility index (Phi) is 7.69. The molecule has 1 saturated heterocycles. The molecule has 0 radical (unpaired) electrons. The molecule has 0 atom stereocenters. The summed E-state index contributed by atoms with van der Waals surface area (Å²) in [6.45, 7) is 6.78. The van der Waals surface area contributed by atoms with Gasteiger partial charge >= 0.3 is 0 Å². The highest BCUT2D eigenvalue weighted by Gasteiger charge is 2.30. The van der Waals surface area contributed by atoms with Crippen LogP contribution in [0.2, 0.25) is 0 Å². The van der Waals surface area contributed by atoms with Crippen LogP contribution < -0.4 is 17.1 Å². The molecule has 1 heterocycles. The van der Waals surface area contributed by atoms with Crippen molar-refractivity contribution in [3.8, 4) is 0 Å². The van der Waals surface area contributed by atoms with Crippen molar-refractivity contribution in [1.82, 2.24) is 14.5 Å². The van der Waals surface area contributed by atoms with Crippen LogP contribution in [0.1, 0.15) is 26.7 Å². The fraction of sp³-hybridized carbons (Fsp3) is 0.647. The third kappa shape index (κ3) is 6.01. The van der Waals surface area contributed by atoms with Crippen LogP contribution in [0.15, 0.2) is 35.2 Å². The number of likely N-dealkylation sites (N-methyl/N-ethyl adjacent to an activating group) is 1. The Morgan fingerprint density at radius 1 is 1.21 bits per heavy atom. The van der Waals surface area contributed by atoms with Crippen molar-refractivity contribution in [1.29, 1.82) is 0 Å². The average molecular weight is 375 g/mol. The molecule has 5 nitrogen and oxygen atoms in total. The molecule has 0 amide bonds. The summed E-state index contributed by atoms with van der Waals surface area (Å²) in [7, 11) is 0.751. The lowest BCUT2D eigenvalue weighted by molar-refractivity contribution is -0.00000839. The molecule has 2 rings (SSSR count). The maximum absolute atomic E-state index is 12.5. The maximum Gasteiger partial charge on any atom is 0.241 e. The zero-order valence-electron chi connectivity index (χ0n) is 15.0. The number of hydrogen-bond donors (Lipinski definition) is 1. The Bertz CT molecular complexity index is 600. The van der Waals surface area contributed by atoms with Crippen LogP contribution in [0.25, 0.3) is 0 Å². The third-order valence-corrected chi connectivity index (χ3v) is 6.13. The molecular weight excluding hydrogens is 346 g/mol. The molecule has 0 saturated carbocycles. The molecular formula is C17H29ClN3O2S-. The van der Waals surface area contributed by atoms with Crippen molar-refractivity contribution < 1.29 is 20.8 Å². The summed E-state index contributed by atoms with van der Waals surface area (Å²) in [6, 6.07) is 9.07. The number of hydrogen-bond acceptors (Lipinski definition) is 4. The summed E-state index contributed by atoms with van der Waals surface area (Å²) in [5.74, 6) is 0. The average Bonchev–Trinajstić information content (AvgIpc) is 2.47. The molecule has 1 aliphatic heterocycles. The van der Waals surface area contributed by atoms with Gasteiger partial charge in [0.1, 0.15) is 0 Å². The van der Waals surface area contributed by atoms with E-state index in [9.17, 15) is 8.42 Å². The first kappa shape index (κ1) is 21.4. The predicted octanol–water partition coefficient (Wildman–Crippen LogP) is -1.23. The zero-order chi connectivity index (χ0) is 17.1. The lowest BCUT2D eigenvalue weighted by atomic mass is 10.0. The summed E-state index contributed by atoms with van der Waals surface area (Å²) in [5.41, 5.74) is -0.521. The van der Waals surface area contributed by atoms with Crippen molar-refractivity contribution in [2.24, 2.45) is 0 Å². The van der Waals surface area contributed by atoms with Gasteiger partial charge in [-0.05, 0) is 66.0 Å². The van der Waals surface area contributed by atoms with E-state index in [2.05, 4.69) is 28.6 Å². The minimum Gasteiger partial charge on any atom is -1.00 e. The van der Waals surface area contributed by atoms with Crippen molar-refractivity contribution in [3.63, 3.8) is 0 Å². The van der Waals surface area contributed by atoms with Crippen molar-refractivity contribution in [3.05, 3.63) is 30.3 Å². The molecule has 24 heavy (non-hydrogen) atoms. The van der Waals surface area contributed by atoms with E-state index in [0.717, 1.165) is 25.9 Å². The first-order valence-electron chi connectivity index (χ1n) is 8.17. The Labute approximate surface area is 152 Å². The van der Waals surface area contributed by atoms with Gasteiger partial charge in [0.2, 0.25) is 10.0 Å². The SMILES string of the molecule is CN1CCC(N(C)CC(C)(C)NS(=O)(=O)c2ccccc2)CC1.[Cl-]. The van der Waals surface area contributed by atoms with E-state index in [-0.39, 0.29) is 12.4 Å². The standard InChI is InChI=1S/C17H29N3O2S.ClH/c1-17(2,14-20(4)15-10-12-19(3)13-11-15)18-23(21,22)16-8-6-5-7-9-16;/h5-9,15,18H,10-14H2,1-4H3;1H/p-1. The molecule has 0 unspecified atom stereocenters. The minimum atomic E-state index is -3.49. The molecule has 0 aromatic heterocycles.